The van der Waals surface area contributed by atoms with Crippen LogP contribution >= 0.6 is 11.6 Å². The smallest absolute Gasteiger partial charge is 0.243 e. The van der Waals surface area contributed by atoms with Crippen LogP contribution in [0.25, 0.3) is 5.69 Å². The molecule has 5 nitrogen and oxygen atoms in total. The number of hydrogen-bond donors (Lipinski definition) is 1. The zero-order chi connectivity index (χ0) is 21.1. The van der Waals surface area contributed by atoms with Gasteiger partial charge in [-0.05, 0) is 74.2 Å². The van der Waals surface area contributed by atoms with Crippen LogP contribution in [-0.2, 0) is 15.6 Å². The molecule has 2 aliphatic rings. The van der Waals surface area contributed by atoms with Crippen LogP contribution < -0.4 is 5.32 Å². The molecule has 0 radical (unpaired) electrons. The van der Waals surface area contributed by atoms with Crippen molar-refractivity contribution >= 4 is 27.3 Å². The first kappa shape index (κ1) is 19.7. The minimum absolute atomic E-state index is 0.294. The molecule has 3 heterocycles. The van der Waals surface area contributed by atoms with Crippen molar-refractivity contribution in [3.05, 3.63) is 76.6 Å². The van der Waals surface area contributed by atoms with Crippen LogP contribution in [0.15, 0.2) is 59.6 Å². The maximum absolute atomic E-state index is 13.3. The van der Waals surface area contributed by atoms with Gasteiger partial charge in [-0.25, -0.2) is 8.42 Å². The summed E-state index contributed by atoms with van der Waals surface area (Å²) in [5.74, 6) is 0. The molecular formula is C23H24ClN3O2S. The van der Waals surface area contributed by atoms with Crippen molar-refractivity contribution < 1.29 is 8.42 Å². The third-order valence-corrected chi connectivity index (χ3v) is 8.65. The summed E-state index contributed by atoms with van der Waals surface area (Å²) in [7, 11) is -3.52. The van der Waals surface area contributed by atoms with Gasteiger partial charge in [-0.3, -0.25) is 0 Å². The van der Waals surface area contributed by atoms with E-state index in [2.05, 4.69) is 16.0 Å². The zero-order valence-corrected chi connectivity index (χ0v) is 18.6. The first-order valence-corrected chi connectivity index (χ1v) is 12.0. The van der Waals surface area contributed by atoms with Gasteiger partial charge < -0.3 is 9.88 Å². The summed E-state index contributed by atoms with van der Waals surface area (Å²) in [5.41, 5.74) is 4.65. The second-order valence-electron chi connectivity index (χ2n) is 8.31. The molecular weight excluding hydrogens is 418 g/mol. The molecule has 1 fully saturated rings. The largest absolute Gasteiger partial charge is 0.372 e. The van der Waals surface area contributed by atoms with Gasteiger partial charge in [0.1, 0.15) is 0 Å². The normalized spacial score (nSPS) is 18.0. The number of nitrogens with one attached hydrogen (secondary N) is 1. The highest BCUT2D eigenvalue weighted by Crippen LogP contribution is 2.44. The first-order valence-electron chi connectivity index (χ1n) is 10.1. The lowest BCUT2D eigenvalue weighted by molar-refractivity contribution is 0.247. The molecule has 2 aromatic carbocycles. The summed E-state index contributed by atoms with van der Waals surface area (Å²) >= 11 is 6.22. The minimum atomic E-state index is -3.52. The Morgan fingerprint density at radius 3 is 2.57 bits per heavy atom. The summed E-state index contributed by atoms with van der Waals surface area (Å²) in [4.78, 5) is 0.415. The van der Waals surface area contributed by atoms with Crippen molar-refractivity contribution in [3.63, 3.8) is 0 Å². The number of nitrogens with zero attached hydrogens (tertiary/aromatic N) is 2. The van der Waals surface area contributed by atoms with E-state index in [1.807, 2.05) is 56.4 Å². The van der Waals surface area contributed by atoms with E-state index < -0.39 is 10.0 Å². The van der Waals surface area contributed by atoms with Gasteiger partial charge in [0.15, 0.2) is 0 Å². The van der Waals surface area contributed by atoms with Crippen LogP contribution in [0.4, 0.5) is 5.69 Å². The maximum atomic E-state index is 13.3. The van der Waals surface area contributed by atoms with Crippen molar-refractivity contribution in [2.24, 2.45) is 0 Å². The van der Waals surface area contributed by atoms with Gasteiger partial charge in [-0.15, -0.1) is 0 Å². The van der Waals surface area contributed by atoms with E-state index in [-0.39, 0.29) is 5.54 Å². The number of hydrogen-bond acceptors (Lipinski definition) is 3. The Labute approximate surface area is 182 Å². The van der Waals surface area contributed by atoms with Crippen LogP contribution in [0.3, 0.4) is 0 Å². The fraction of sp³-hybridized carbons (Fsp3) is 0.304. The van der Waals surface area contributed by atoms with Crippen LogP contribution in [0.5, 0.6) is 0 Å². The molecule has 0 saturated carbocycles. The van der Waals surface area contributed by atoms with E-state index in [0.29, 0.717) is 35.8 Å². The number of halogens is 1. The van der Waals surface area contributed by atoms with E-state index in [1.165, 1.54) is 0 Å². The van der Waals surface area contributed by atoms with Crippen LogP contribution in [0.2, 0.25) is 5.02 Å². The average Bonchev–Trinajstić information content (AvgIpc) is 3.22. The fourth-order valence-corrected chi connectivity index (χ4v) is 6.64. The van der Waals surface area contributed by atoms with E-state index in [1.54, 1.807) is 10.4 Å². The van der Waals surface area contributed by atoms with Crippen molar-refractivity contribution in [2.45, 2.75) is 37.1 Å². The fourth-order valence-electron chi connectivity index (χ4n) is 4.73. The number of piperidine rings is 1. The summed E-state index contributed by atoms with van der Waals surface area (Å²) in [6.07, 6.45) is 3.44. The van der Waals surface area contributed by atoms with E-state index in [0.717, 1.165) is 28.2 Å². The molecule has 156 valence electrons. The summed E-state index contributed by atoms with van der Waals surface area (Å²) < 4.78 is 30.5. The molecule has 30 heavy (non-hydrogen) atoms. The Balaban J connectivity index is 1.46. The third kappa shape index (κ3) is 2.97. The molecule has 1 spiro atoms. The molecule has 0 amide bonds. The van der Waals surface area contributed by atoms with E-state index in [4.69, 9.17) is 11.6 Å². The van der Waals surface area contributed by atoms with Gasteiger partial charge in [0.05, 0.1) is 21.8 Å². The standard InChI is InChI=1S/C23H24ClN3O2S/c1-16-5-6-17(2)21(14-16)30(28,29)26-12-9-23(10-13-26)22-4-3-11-27(22)20-15-18(24)7-8-19(20)25-23/h3-8,11,14-15,25H,9-10,12-13H2,1-2H3. The van der Waals surface area contributed by atoms with Gasteiger partial charge in [0, 0.05) is 30.0 Å². The number of aryl methyl sites for hydroxylation is 2. The number of rotatable bonds is 2. The molecule has 1 saturated heterocycles. The highest BCUT2D eigenvalue weighted by molar-refractivity contribution is 7.89. The number of sulfonamides is 1. The van der Waals surface area contributed by atoms with E-state index in [9.17, 15) is 8.42 Å². The maximum Gasteiger partial charge on any atom is 0.243 e. The monoisotopic (exact) mass is 441 g/mol. The molecule has 0 bridgehead atoms. The minimum Gasteiger partial charge on any atom is -0.372 e. The Morgan fingerprint density at radius 2 is 1.80 bits per heavy atom. The Kier molecular flexibility index (Phi) is 4.51. The molecule has 5 rings (SSSR count). The van der Waals surface area contributed by atoms with Gasteiger partial charge in [0.25, 0.3) is 0 Å². The number of benzene rings is 2. The lowest BCUT2D eigenvalue weighted by Crippen LogP contribution is -2.51. The van der Waals surface area contributed by atoms with Crippen LogP contribution in [0.1, 0.15) is 29.7 Å². The third-order valence-electron chi connectivity index (χ3n) is 6.37. The lowest BCUT2D eigenvalue weighted by atomic mass is 9.83. The highest BCUT2D eigenvalue weighted by Gasteiger charge is 2.44. The van der Waals surface area contributed by atoms with Gasteiger partial charge in [0.2, 0.25) is 10.0 Å². The molecule has 2 aliphatic heterocycles. The summed E-state index contributed by atoms with van der Waals surface area (Å²) in [5, 5.41) is 4.41. The molecule has 1 aromatic heterocycles. The number of fused-ring (bicyclic) bond motifs is 4. The quantitative estimate of drug-likeness (QED) is 0.618. The topological polar surface area (TPSA) is 54.3 Å². The van der Waals surface area contributed by atoms with Crippen LogP contribution in [-0.4, -0.2) is 30.4 Å². The SMILES string of the molecule is Cc1ccc(C)c(S(=O)(=O)N2CCC3(CC2)Nc2ccc(Cl)cc2-n2cccc23)c1. The Hall–Kier alpha value is -2.28. The highest BCUT2D eigenvalue weighted by atomic mass is 35.5. The predicted octanol–water partition coefficient (Wildman–Crippen LogP) is 4.85. The molecule has 0 aliphatic carbocycles. The molecule has 1 N–H and O–H groups in total. The van der Waals surface area contributed by atoms with Gasteiger partial charge in [-0.2, -0.15) is 4.31 Å². The first-order chi connectivity index (χ1) is 14.3. The van der Waals surface area contributed by atoms with Gasteiger partial charge >= 0.3 is 0 Å². The van der Waals surface area contributed by atoms with Crippen molar-refractivity contribution in [1.82, 2.24) is 8.87 Å². The Bertz CT molecular complexity index is 1240. The van der Waals surface area contributed by atoms with Crippen molar-refractivity contribution in [3.8, 4) is 5.69 Å². The molecule has 0 unspecified atom stereocenters. The molecule has 3 aromatic rings. The van der Waals surface area contributed by atoms with Crippen molar-refractivity contribution in [1.29, 1.82) is 0 Å². The number of aromatic nitrogens is 1. The average molecular weight is 442 g/mol. The second kappa shape index (κ2) is 6.87. The summed E-state index contributed by atoms with van der Waals surface area (Å²) in [6.45, 7) is 4.72. The zero-order valence-electron chi connectivity index (χ0n) is 17.0. The van der Waals surface area contributed by atoms with E-state index >= 15 is 0 Å². The Morgan fingerprint density at radius 1 is 1.03 bits per heavy atom. The van der Waals surface area contributed by atoms with Crippen LogP contribution in [0, 0.1) is 13.8 Å². The van der Waals surface area contributed by atoms with Gasteiger partial charge in [-0.1, -0.05) is 23.7 Å². The van der Waals surface area contributed by atoms with Crippen molar-refractivity contribution in [2.75, 3.05) is 18.4 Å². The second-order valence-corrected chi connectivity index (χ2v) is 10.6. The lowest BCUT2D eigenvalue weighted by Gasteiger charge is -2.46. The molecule has 0 atom stereocenters. The summed E-state index contributed by atoms with van der Waals surface area (Å²) in [6, 6.07) is 15.6. The molecule has 7 heteroatoms. The number of anilines is 1. The predicted molar refractivity (Wildman–Crippen MR) is 120 cm³/mol.